The molecular formula is C14H18BrN3S. The average molecular weight is 340 g/mol. The highest BCUT2D eigenvalue weighted by molar-refractivity contribution is 9.10. The number of halogens is 1. The SMILES string of the molecule is CCCNc1nc(CC)nc(-c2sccc2Br)c1C. The molecule has 0 atom stereocenters. The summed E-state index contributed by atoms with van der Waals surface area (Å²) in [6, 6.07) is 2.06. The van der Waals surface area contributed by atoms with Gasteiger partial charge in [-0.3, -0.25) is 0 Å². The average Bonchev–Trinajstić information content (AvgIpc) is 2.84. The molecule has 0 saturated carbocycles. The zero-order valence-corrected chi connectivity index (χ0v) is 13.9. The van der Waals surface area contributed by atoms with Crippen LogP contribution in [0.25, 0.3) is 10.6 Å². The lowest BCUT2D eigenvalue weighted by atomic mass is 10.2. The van der Waals surface area contributed by atoms with Crippen LogP contribution < -0.4 is 5.32 Å². The zero-order valence-electron chi connectivity index (χ0n) is 11.5. The normalized spacial score (nSPS) is 10.7. The van der Waals surface area contributed by atoms with Gasteiger partial charge in [-0.05, 0) is 40.7 Å². The van der Waals surface area contributed by atoms with Crippen LogP contribution in [0, 0.1) is 6.92 Å². The number of nitrogens with one attached hydrogen (secondary N) is 1. The van der Waals surface area contributed by atoms with Gasteiger partial charge in [0.25, 0.3) is 0 Å². The molecule has 0 bridgehead atoms. The van der Waals surface area contributed by atoms with E-state index in [1.165, 1.54) is 4.88 Å². The molecule has 19 heavy (non-hydrogen) atoms. The van der Waals surface area contributed by atoms with Gasteiger partial charge in [-0.1, -0.05) is 13.8 Å². The van der Waals surface area contributed by atoms with E-state index in [9.17, 15) is 0 Å². The van der Waals surface area contributed by atoms with Crippen LogP contribution >= 0.6 is 27.3 Å². The number of nitrogens with zero attached hydrogens (tertiary/aromatic N) is 2. The Morgan fingerprint density at radius 1 is 1.32 bits per heavy atom. The Kier molecular flexibility index (Phi) is 4.93. The molecule has 0 aliphatic rings. The Balaban J connectivity index is 2.50. The second-order valence-electron chi connectivity index (χ2n) is 4.34. The van der Waals surface area contributed by atoms with Crippen molar-refractivity contribution in [1.82, 2.24) is 9.97 Å². The first-order valence-electron chi connectivity index (χ1n) is 6.52. The fraction of sp³-hybridized carbons (Fsp3) is 0.429. The number of hydrogen-bond donors (Lipinski definition) is 1. The molecule has 2 heterocycles. The van der Waals surface area contributed by atoms with Crippen LogP contribution in [0.2, 0.25) is 0 Å². The van der Waals surface area contributed by atoms with E-state index in [0.717, 1.165) is 46.8 Å². The molecule has 1 N–H and O–H groups in total. The summed E-state index contributed by atoms with van der Waals surface area (Å²) in [6.45, 7) is 7.26. The standard InChI is InChI=1S/C14H18BrN3S/c1-4-7-16-14-9(3)12(17-11(5-2)18-14)13-10(15)6-8-19-13/h6,8H,4-5,7H2,1-3H3,(H,16,17,18). The van der Waals surface area contributed by atoms with Crippen molar-refractivity contribution in [3.63, 3.8) is 0 Å². The summed E-state index contributed by atoms with van der Waals surface area (Å²) in [5.41, 5.74) is 2.15. The highest BCUT2D eigenvalue weighted by Crippen LogP contribution is 2.35. The van der Waals surface area contributed by atoms with Crippen molar-refractivity contribution in [1.29, 1.82) is 0 Å². The van der Waals surface area contributed by atoms with Gasteiger partial charge in [0.2, 0.25) is 0 Å². The lowest BCUT2D eigenvalue weighted by molar-refractivity contribution is 0.911. The van der Waals surface area contributed by atoms with E-state index in [4.69, 9.17) is 4.98 Å². The summed E-state index contributed by atoms with van der Waals surface area (Å²) in [7, 11) is 0. The van der Waals surface area contributed by atoms with Gasteiger partial charge in [-0.15, -0.1) is 11.3 Å². The van der Waals surface area contributed by atoms with E-state index in [1.54, 1.807) is 11.3 Å². The molecule has 0 fully saturated rings. The van der Waals surface area contributed by atoms with E-state index < -0.39 is 0 Å². The van der Waals surface area contributed by atoms with Gasteiger partial charge in [0.1, 0.15) is 11.6 Å². The topological polar surface area (TPSA) is 37.8 Å². The van der Waals surface area contributed by atoms with Gasteiger partial charge in [0.05, 0.1) is 10.6 Å². The first-order chi connectivity index (χ1) is 9.17. The Morgan fingerprint density at radius 3 is 2.68 bits per heavy atom. The van der Waals surface area contributed by atoms with Crippen molar-refractivity contribution in [3.8, 4) is 10.6 Å². The maximum Gasteiger partial charge on any atom is 0.133 e. The van der Waals surface area contributed by atoms with Gasteiger partial charge < -0.3 is 5.32 Å². The highest BCUT2D eigenvalue weighted by atomic mass is 79.9. The molecule has 102 valence electrons. The second kappa shape index (κ2) is 6.48. The number of aromatic nitrogens is 2. The minimum atomic E-state index is 0.844. The zero-order chi connectivity index (χ0) is 13.8. The minimum absolute atomic E-state index is 0.844. The predicted molar refractivity (Wildman–Crippen MR) is 85.9 cm³/mol. The van der Waals surface area contributed by atoms with Crippen LogP contribution in [0.1, 0.15) is 31.7 Å². The summed E-state index contributed by atoms with van der Waals surface area (Å²) in [4.78, 5) is 10.5. The summed E-state index contributed by atoms with van der Waals surface area (Å²) in [5, 5.41) is 5.47. The van der Waals surface area contributed by atoms with Crippen molar-refractivity contribution < 1.29 is 0 Å². The number of hydrogen-bond acceptors (Lipinski definition) is 4. The van der Waals surface area contributed by atoms with Crippen molar-refractivity contribution in [2.75, 3.05) is 11.9 Å². The number of anilines is 1. The maximum absolute atomic E-state index is 4.69. The monoisotopic (exact) mass is 339 g/mol. The molecule has 3 nitrogen and oxygen atoms in total. The minimum Gasteiger partial charge on any atom is -0.370 e. The number of thiophene rings is 1. The first kappa shape index (κ1) is 14.5. The predicted octanol–water partition coefficient (Wildman–Crippen LogP) is 4.66. The Bertz CT molecular complexity index is 566. The Hall–Kier alpha value is -0.940. The first-order valence-corrected chi connectivity index (χ1v) is 8.19. The van der Waals surface area contributed by atoms with Crippen molar-refractivity contribution >= 4 is 33.1 Å². The van der Waals surface area contributed by atoms with Gasteiger partial charge in [0, 0.05) is 23.0 Å². The summed E-state index contributed by atoms with van der Waals surface area (Å²) >= 11 is 5.29. The lowest BCUT2D eigenvalue weighted by Gasteiger charge is -2.12. The molecule has 2 rings (SSSR count). The number of rotatable bonds is 5. The molecule has 0 radical (unpaired) electrons. The molecule has 0 aromatic carbocycles. The second-order valence-corrected chi connectivity index (χ2v) is 6.11. The molecule has 0 spiro atoms. The van der Waals surface area contributed by atoms with Crippen LogP contribution in [0.4, 0.5) is 5.82 Å². The van der Waals surface area contributed by atoms with Crippen LogP contribution in [0.3, 0.4) is 0 Å². The smallest absolute Gasteiger partial charge is 0.133 e. The quantitative estimate of drug-likeness (QED) is 0.860. The third kappa shape index (κ3) is 3.15. The van der Waals surface area contributed by atoms with Crippen LogP contribution in [-0.4, -0.2) is 16.5 Å². The summed E-state index contributed by atoms with van der Waals surface area (Å²) in [6.07, 6.45) is 1.93. The van der Waals surface area contributed by atoms with Crippen molar-refractivity contribution in [2.45, 2.75) is 33.6 Å². The van der Waals surface area contributed by atoms with Gasteiger partial charge in [0.15, 0.2) is 0 Å². The molecular weight excluding hydrogens is 322 g/mol. The van der Waals surface area contributed by atoms with Crippen LogP contribution in [-0.2, 0) is 6.42 Å². The highest BCUT2D eigenvalue weighted by Gasteiger charge is 2.14. The Labute approximate surface area is 126 Å². The van der Waals surface area contributed by atoms with Crippen LogP contribution in [0.15, 0.2) is 15.9 Å². The van der Waals surface area contributed by atoms with Crippen LogP contribution in [0.5, 0.6) is 0 Å². The molecule has 0 saturated heterocycles. The fourth-order valence-corrected chi connectivity index (χ4v) is 3.43. The van der Waals surface area contributed by atoms with Crippen molar-refractivity contribution in [3.05, 3.63) is 27.3 Å². The lowest BCUT2D eigenvalue weighted by Crippen LogP contribution is -2.08. The molecule has 2 aromatic heterocycles. The Morgan fingerprint density at radius 2 is 2.11 bits per heavy atom. The third-order valence-electron chi connectivity index (χ3n) is 2.88. The van der Waals surface area contributed by atoms with Gasteiger partial charge in [-0.2, -0.15) is 0 Å². The number of aryl methyl sites for hydroxylation is 1. The van der Waals surface area contributed by atoms with E-state index in [1.807, 2.05) is 0 Å². The van der Waals surface area contributed by atoms with Gasteiger partial charge in [-0.25, -0.2) is 9.97 Å². The molecule has 5 heteroatoms. The third-order valence-corrected chi connectivity index (χ3v) is 4.73. The summed E-state index contributed by atoms with van der Waals surface area (Å²) in [5.74, 6) is 1.85. The van der Waals surface area contributed by atoms with Gasteiger partial charge >= 0.3 is 0 Å². The van der Waals surface area contributed by atoms with E-state index in [0.29, 0.717) is 0 Å². The largest absolute Gasteiger partial charge is 0.370 e. The molecule has 0 aliphatic carbocycles. The molecule has 2 aromatic rings. The van der Waals surface area contributed by atoms with Crippen molar-refractivity contribution in [2.24, 2.45) is 0 Å². The fourth-order valence-electron chi connectivity index (χ4n) is 1.82. The van der Waals surface area contributed by atoms with E-state index in [-0.39, 0.29) is 0 Å². The molecule has 0 unspecified atom stereocenters. The maximum atomic E-state index is 4.69. The molecule has 0 aliphatic heterocycles. The van der Waals surface area contributed by atoms with E-state index in [2.05, 4.69) is 58.4 Å². The summed E-state index contributed by atoms with van der Waals surface area (Å²) < 4.78 is 1.10. The molecule has 0 amide bonds. The van der Waals surface area contributed by atoms with E-state index >= 15 is 0 Å².